The first-order valence-corrected chi connectivity index (χ1v) is 5.82. The second kappa shape index (κ2) is 5.85. The molecule has 19 heavy (non-hydrogen) atoms. The molecule has 0 saturated heterocycles. The Morgan fingerprint density at radius 1 is 1.47 bits per heavy atom. The lowest BCUT2D eigenvalue weighted by Crippen LogP contribution is -2.25. The molecule has 0 radical (unpaired) electrons. The lowest BCUT2D eigenvalue weighted by atomic mass is 10.3. The fraction of sp³-hybridized carbons (Fsp3) is 0.250. The molecule has 0 bridgehead atoms. The Morgan fingerprint density at radius 3 is 2.95 bits per heavy atom. The maximum Gasteiger partial charge on any atom is 0.325 e. The monoisotopic (exact) mass is 261 g/mol. The van der Waals surface area contributed by atoms with Crippen molar-refractivity contribution in [2.45, 2.75) is 19.5 Å². The summed E-state index contributed by atoms with van der Waals surface area (Å²) in [5.41, 5.74) is 1.10. The van der Waals surface area contributed by atoms with Gasteiger partial charge in [0.25, 0.3) is 0 Å². The van der Waals surface area contributed by atoms with E-state index in [1.54, 1.807) is 13.0 Å². The maximum atomic E-state index is 10.7. The minimum absolute atomic E-state index is 0.474. The van der Waals surface area contributed by atoms with Crippen LogP contribution >= 0.6 is 0 Å². The number of aromatic amines is 1. The number of hydrogen-bond acceptors (Lipinski definition) is 5. The van der Waals surface area contributed by atoms with E-state index in [-0.39, 0.29) is 0 Å². The van der Waals surface area contributed by atoms with Gasteiger partial charge >= 0.3 is 5.97 Å². The van der Waals surface area contributed by atoms with E-state index in [0.717, 1.165) is 5.56 Å². The molecule has 2 aromatic rings. The Bertz CT molecular complexity index is 541. The molecule has 0 aromatic carbocycles. The number of carbonyl (C=O) groups is 1. The van der Waals surface area contributed by atoms with Crippen LogP contribution in [0.5, 0.6) is 0 Å². The molecular formula is C12H15N5O2. The van der Waals surface area contributed by atoms with Crippen LogP contribution in [0.1, 0.15) is 12.5 Å². The highest BCUT2D eigenvalue weighted by molar-refractivity contribution is 5.76. The quantitative estimate of drug-likeness (QED) is 0.625. The predicted molar refractivity (Wildman–Crippen MR) is 70.9 cm³/mol. The fourth-order valence-corrected chi connectivity index (χ4v) is 1.48. The predicted octanol–water partition coefficient (Wildman–Crippen LogP) is 1.30. The zero-order valence-corrected chi connectivity index (χ0v) is 10.4. The van der Waals surface area contributed by atoms with Gasteiger partial charge in [-0.3, -0.25) is 4.79 Å². The van der Waals surface area contributed by atoms with Crippen molar-refractivity contribution in [1.82, 2.24) is 15.0 Å². The molecule has 2 heterocycles. The van der Waals surface area contributed by atoms with E-state index in [1.165, 1.54) is 6.33 Å². The van der Waals surface area contributed by atoms with Gasteiger partial charge in [0, 0.05) is 25.0 Å². The average Bonchev–Trinajstić information content (AvgIpc) is 2.90. The summed E-state index contributed by atoms with van der Waals surface area (Å²) in [6, 6.07) is 2.93. The molecule has 0 aliphatic heterocycles. The van der Waals surface area contributed by atoms with Crippen molar-refractivity contribution in [3.05, 3.63) is 36.4 Å². The van der Waals surface area contributed by atoms with E-state index in [2.05, 4.69) is 25.6 Å². The van der Waals surface area contributed by atoms with Crippen molar-refractivity contribution in [3.63, 3.8) is 0 Å². The molecule has 0 aliphatic rings. The highest BCUT2D eigenvalue weighted by Gasteiger charge is 2.11. The normalized spacial score (nSPS) is 11.8. The number of hydrogen-bond donors (Lipinski definition) is 4. The third-order valence-electron chi connectivity index (χ3n) is 2.54. The Labute approximate surface area is 110 Å². The summed E-state index contributed by atoms with van der Waals surface area (Å²) in [5, 5.41) is 14.7. The summed E-state index contributed by atoms with van der Waals surface area (Å²) in [5.74, 6) is 0.179. The van der Waals surface area contributed by atoms with Crippen molar-refractivity contribution in [2.24, 2.45) is 0 Å². The first-order valence-electron chi connectivity index (χ1n) is 5.82. The Balaban J connectivity index is 1.96. The molecule has 1 unspecified atom stereocenters. The van der Waals surface area contributed by atoms with E-state index in [0.29, 0.717) is 18.2 Å². The van der Waals surface area contributed by atoms with Crippen LogP contribution in [-0.2, 0) is 11.3 Å². The van der Waals surface area contributed by atoms with Gasteiger partial charge in [0.15, 0.2) is 0 Å². The number of anilines is 2. The van der Waals surface area contributed by atoms with Crippen molar-refractivity contribution < 1.29 is 9.90 Å². The van der Waals surface area contributed by atoms with Crippen LogP contribution in [0.15, 0.2) is 30.9 Å². The van der Waals surface area contributed by atoms with Crippen LogP contribution < -0.4 is 10.6 Å². The lowest BCUT2D eigenvalue weighted by molar-refractivity contribution is -0.137. The van der Waals surface area contributed by atoms with Crippen LogP contribution in [0, 0.1) is 0 Å². The lowest BCUT2D eigenvalue weighted by Gasteiger charge is -2.10. The van der Waals surface area contributed by atoms with Gasteiger partial charge in [-0.1, -0.05) is 0 Å². The summed E-state index contributed by atoms with van der Waals surface area (Å²) in [6.07, 6.45) is 5.12. The van der Waals surface area contributed by atoms with E-state index in [1.807, 2.05) is 18.5 Å². The smallest absolute Gasteiger partial charge is 0.325 e. The van der Waals surface area contributed by atoms with Gasteiger partial charge in [0.1, 0.15) is 24.0 Å². The number of H-pyrrole nitrogens is 1. The first kappa shape index (κ1) is 12.9. The Hall–Kier alpha value is -2.57. The standard InChI is InChI=1S/C12H15N5O2/c1-8(12(18)19)17-11-4-10(15-7-16-11)14-6-9-2-3-13-5-9/h2-5,7-8,13H,6H2,1H3,(H,18,19)(H2,14,15,16,17). The Kier molecular flexibility index (Phi) is 3.97. The van der Waals surface area contributed by atoms with Crippen LogP contribution in [0.3, 0.4) is 0 Å². The maximum absolute atomic E-state index is 10.7. The summed E-state index contributed by atoms with van der Waals surface area (Å²) in [6.45, 7) is 2.19. The van der Waals surface area contributed by atoms with E-state index in [4.69, 9.17) is 5.11 Å². The second-order valence-corrected chi connectivity index (χ2v) is 4.07. The van der Waals surface area contributed by atoms with E-state index >= 15 is 0 Å². The summed E-state index contributed by atoms with van der Waals surface area (Å²) >= 11 is 0. The van der Waals surface area contributed by atoms with Crippen molar-refractivity contribution in [1.29, 1.82) is 0 Å². The van der Waals surface area contributed by atoms with Gasteiger partial charge in [-0.05, 0) is 18.6 Å². The van der Waals surface area contributed by atoms with Crippen molar-refractivity contribution in [3.8, 4) is 0 Å². The number of nitrogens with zero attached hydrogens (tertiary/aromatic N) is 2. The summed E-state index contributed by atoms with van der Waals surface area (Å²) in [4.78, 5) is 21.8. The summed E-state index contributed by atoms with van der Waals surface area (Å²) < 4.78 is 0. The van der Waals surface area contributed by atoms with Crippen LogP contribution in [0.4, 0.5) is 11.6 Å². The number of nitrogens with one attached hydrogen (secondary N) is 3. The van der Waals surface area contributed by atoms with Gasteiger partial charge in [-0.15, -0.1) is 0 Å². The molecule has 7 heteroatoms. The number of rotatable bonds is 6. The van der Waals surface area contributed by atoms with Crippen LogP contribution in [-0.4, -0.2) is 32.1 Å². The molecular weight excluding hydrogens is 246 g/mol. The zero-order chi connectivity index (χ0) is 13.7. The largest absolute Gasteiger partial charge is 0.480 e. The molecule has 0 fully saturated rings. The first-order chi connectivity index (χ1) is 9.15. The molecule has 1 atom stereocenters. The number of aliphatic carboxylic acids is 1. The number of carboxylic acid groups (broad SMARTS) is 1. The van der Waals surface area contributed by atoms with Crippen molar-refractivity contribution >= 4 is 17.6 Å². The third kappa shape index (κ3) is 3.70. The molecule has 0 aliphatic carbocycles. The van der Waals surface area contributed by atoms with E-state index in [9.17, 15) is 4.79 Å². The third-order valence-corrected chi connectivity index (χ3v) is 2.54. The van der Waals surface area contributed by atoms with Gasteiger partial charge < -0.3 is 20.7 Å². The van der Waals surface area contributed by atoms with Crippen LogP contribution in [0.25, 0.3) is 0 Å². The minimum Gasteiger partial charge on any atom is -0.480 e. The summed E-state index contributed by atoms with van der Waals surface area (Å²) in [7, 11) is 0. The second-order valence-electron chi connectivity index (χ2n) is 4.07. The zero-order valence-electron chi connectivity index (χ0n) is 10.4. The van der Waals surface area contributed by atoms with Gasteiger partial charge in [-0.2, -0.15) is 0 Å². The Morgan fingerprint density at radius 2 is 2.26 bits per heavy atom. The average molecular weight is 261 g/mol. The fourth-order valence-electron chi connectivity index (χ4n) is 1.48. The molecule has 0 saturated carbocycles. The highest BCUT2D eigenvalue weighted by Crippen LogP contribution is 2.11. The van der Waals surface area contributed by atoms with Crippen LogP contribution in [0.2, 0.25) is 0 Å². The highest BCUT2D eigenvalue weighted by atomic mass is 16.4. The molecule has 0 amide bonds. The topological polar surface area (TPSA) is 103 Å². The molecule has 100 valence electrons. The molecule has 7 nitrogen and oxygen atoms in total. The number of carboxylic acids is 1. The number of aromatic nitrogens is 3. The SMILES string of the molecule is CC(Nc1cc(NCc2cc[nH]c2)ncn1)C(=O)O. The minimum atomic E-state index is -0.930. The van der Waals surface area contributed by atoms with Crippen molar-refractivity contribution in [2.75, 3.05) is 10.6 Å². The van der Waals surface area contributed by atoms with E-state index < -0.39 is 12.0 Å². The molecule has 2 aromatic heterocycles. The van der Waals surface area contributed by atoms with Gasteiger partial charge in [0.05, 0.1) is 0 Å². The van der Waals surface area contributed by atoms with Gasteiger partial charge in [0.2, 0.25) is 0 Å². The molecule has 4 N–H and O–H groups in total. The molecule has 2 rings (SSSR count). The molecule has 0 spiro atoms. The van der Waals surface area contributed by atoms with Gasteiger partial charge in [-0.25, -0.2) is 9.97 Å².